The standard InChI is InChI=1S/C24H24N2O2/c1-3-18(2)19-9-11-22(12-10-19)25-23(27)17-26-15-13-21(14-16-26)24(28)20-7-5-4-6-8-20/h4-16,18H,3,17H2,1-2H3/p+1/t18-/m0/s1. The Morgan fingerprint density at radius 3 is 2.11 bits per heavy atom. The summed E-state index contributed by atoms with van der Waals surface area (Å²) in [5, 5.41) is 2.91. The van der Waals surface area contributed by atoms with E-state index < -0.39 is 0 Å². The molecule has 4 nitrogen and oxygen atoms in total. The van der Waals surface area contributed by atoms with Gasteiger partial charge in [-0.2, -0.15) is 4.57 Å². The summed E-state index contributed by atoms with van der Waals surface area (Å²) < 4.78 is 1.75. The lowest BCUT2D eigenvalue weighted by atomic mass is 9.99. The van der Waals surface area contributed by atoms with Gasteiger partial charge >= 0.3 is 0 Å². The summed E-state index contributed by atoms with van der Waals surface area (Å²) in [6, 6.07) is 20.6. The summed E-state index contributed by atoms with van der Waals surface area (Å²) in [6.07, 6.45) is 4.59. The zero-order valence-corrected chi connectivity index (χ0v) is 16.3. The molecule has 4 heteroatoms. The van der Waals surface area contributed by atoms with E-state index in [1.807, 2.05) is 30.3 Å². The van der Waals surface area contributed by atoms with E-state index in [-0.39, 0.29) is 18.2 Å². The van der Waals surface area contributed by atoms with Crippen LogP contribution in [-0.2, 0) is 11.3 Å². The van der Waals surface area contributed by atoms with Crippen molar-refractivity contribution in [2.24, 2.45) is 0 Å². The number of aromatic nitrogens is 1. The monoisotopic (exact) mass is 373 g/mol. The molecule has 1 N–H and O–H groups in total. The quantitative estimate of drug-likeness (QED) is 0.494. The van der Waals surface area contributed by atoms with Gasteiger partial charge in [-0.25, -0.2) is 0 Å². The van der Waals surface area contributed by atoms with Crippen molar-refractivity contribution in [3.8, 4) is 0 Å². The fraction of sp³-hybridized carbons (Fsp3) is 0.208. The summed E-state index contributed by atoms with van der Waals surface area (Å²) in [4.78, 5) is 24.7. The van der Waals surface area contributed by atoms with Crippen LogP contribution >= 0.6 is 0 Å². The van der Waals surface area contributed by atoms with Crippen molar-refractivity contribution >= 4 is 17.4 Å². The molecule has 0 fully saturated rings. The Kier molecular flexibility index (Phi) is 6.33. The molecule has 28 heavy (non-hydrogen) atoms. The maximum Gasteiger partial charge on any atom is 0.290 e. The van der Waals surface area contributed by atoms with Crippen LogP contribution in [0.15, 0.2) is 79.1 Å². The number of carbonyl (C=O) groups is 2. The third-order valence-corrected chi connectivity index (χ3v) is 4.89. The molecule has 0 bridgehead atoms. The number of anilines is 1. The van der Waals surface area contributed by atoms with Crippen molar-refractivity contribution in [1.29, 1.82) is 0 Å². The average molecular weight is 373 g/mol. The van der Waals surface area contributed by atoms with Crippen molar-refractivity contribution in [2.45, 2.75) is 32.7 Å². The van der Waals surface area contributed by atoms with Crippen molar-refractivity contribution in [3.63, 3.8) is 0 Å². The Labute approximate surface area is 165 Å². The molecular weight excluding hydrogens is 348 g/mol. The Hall–Kier alpha value is -3.27. The summed E-state index contributed by atoms with van der Waals surface area (Å²) in [5.74, 6) is 0.374. The van der Waals surface area contributed by atoms with Crippen LogP contribution in [0.1, 0.15) is 47.7 Å². The first kappa shape index (κ1) is 19.5. The second kappa shape index (κ2) is 9.09. The highest BCUT2D eigenvalue weighted by Crippen LogP contribution is 2.20. The minimum atomic E-state index is -0.108. The summed E-state index contributed by atoms with van der Waals surface area (Å²) in [7, 11) is 0. The molecule has 0 saturated carbocycles. The molecule has 1 aromatic heterocycles. The Balaban J connectivity index is 1.59. The molecule has 1 atom stereocenters. The molecule has 1 amide bonds. The molecule has 0 aliphatic rings. The van der Waals surface area contributed by atoms with E-state index in [4.69, 9.17) is 0 Å². The second-order valence-electron chi connectivity index (χ2n) is 6.93. The molecule has 0 unspecified atom stereocenters. The van der Waals surface area contributed by atoms with Gasteiger partial charge < -0.3 is 5.32 Å². The van der Waals surface area contributed by atoms with E-state index in [2.05, 4.69) is 31.3 Å². The van der Waals surface area contributed by atoms with Gasteiger partial charge in [0.25, 0.3) is 5.91 Å². The van der Waals surface area contributed by atoms with Gasteiger partial charge in [0.2, 0.25) is 6.54 Å². The second-order valence-corrected chi connectivity index (χ2v) is 6.93. The first-order chi connectivity index (χ1) is 13.6. The number of amides is 1. The summed E-state index contributed by atoms with van der Waals surface area (Å²) >= 11 is 0. The lowest BCUT2D eigenvalue weighted by molar-refractivity contribution is -0.684. The fourth-order valence-corrected chi connectivity index (χ4v) is 2.97. The van der Waals surface area contributed by atoms with E-state index in [9.17, 15) is 9.59 Å². The minimum absolute atomic E-state index is 0.0291. The Bertz CT molecular complexity index is 933. The topological polar surface area (TPSA) is 50.1 Å². The predicted molar refractivity (Wildman–Crippen MR) is 110 cm³/mol. The van der Waals surface area contributed by atoms with Crippen LogP contribution in [0.5, 0.6) is 0 Å². The zero-order valence-electron chi connectivity index (χ0n) is 16.3. The summed E-state index contributed by atoms with van der Waals surface area (Å²) in [6.45, 7) is 4.54. The number of benzene rings is 2. The normalized spacial score (nSPS) is 11.6. The molecule has 2 aromatic carbocycles. The predicted octanol–water partition coefficient (Wildman–Crippen LogP) is 4.36. The van der Waals surface area contributed by atoms with Crippen LogP contribution in [0, 0.1) is 0 Å². The van der Waals surface area contributed by atoms with Crippen LogP contribution in [0.25, 0.3) is 0 Å². The van der Waals surface area contributed by atoms with Gasteiger partial charge in [-0.1, -0.05) is 56.3 Å². The molecule has 0 aliphatic heterocycles. The van der Waals surface area contributed by atoms with E-state index >= 15 is 0 Å². The first-order valence-electron chi connectivity index (χ1n) is 9.55. The highest BCUT2D eigenvalue weighted by atomic mass is 16.2. The fourth-order valence-electron chi connectivity index (χ4n) is 2.97. The Morgan fingerprint density at radius 2 is 1.50 bits per heavy atom. The van der Waals surface area contributed by atoms with Crippen molar-refractivity contribution in [3.05, 3.63) is 95.8 Å². The van der Waals surface area contributed by atoms with Crippen LogP contribution in [0.4, 0.5) is 5.69 Å². The largest absolute Gasteiger partial charge is 0.321 e. The van der Waals surface area contributed by atoms with Crippen LogP contribution in [-0.4, -0.2) is 11.7 Å². The molecule has 0 radical (unpaired) electrons. The van der Waals surface area contributed by atoms with Gasteiger partial charge in [0.05, 0.1) is 0 Å². The minimum Gasteiger partial charge on any atom is -0.321 e. The lowest BCUT2D eigenvalue weighted by Gasteiger charge is -2.10. The summed E-state index contributed by atoms with van der Waals surface area (Å²) in [5.41, 5.74) is 3.31. The SMILES string of the molecule is CC[C@H](C)c1ccc(NC(=O)C[n+]2ccc(C(=O)c3ccccc3)cc2)cc1. The van der Waals surface area contributed by atoms with E-state index in [0.717, 1.165) is 12.1 Å². The maximum absolute atomic E-state index is 12.4. The van der Waals surface area contributed by atoms with E-state index in [1.165, 1.54) is 5.56 Å². The van der Waals surface area contributed by atoms with Gasteiger partial charge in [0.1, 0.15) is 0 Å². The van der Waals surface area contributed by atoms with Crippen LogP contribution < -0.4 is 9.88 Å². The molecule has 1 heterocycles. The number of pyridine rings is 1. The zero-order chi connectivity index (χ0) is 19.9. The molecule has 3 aromatic rings. The third kappa shape index (κ3) is 4.92. The molecule has 0 saturated heterocycles. The van der Waals surface area contributed by atoms with Gasteiger partial charge in [-0.15, -0.1) is 0 Å². The van der Waals surface area contributed by atoms with Crippen molar-refractivity contribution < 1.29 is 14.2 Å². The van der Waals surface area contributed by atoms with Crippen molar-refractivity contribution in [1.82, 2.24) is 0 Å². The van der Waals surface area contributed by atoms with Crippen LogP contribution in [0.3, 0.4) is 0 Å². The first-order valence-corrected chi connectivity index (χ1v) is 9.55. The number of nitrogens with zero attached hydrogens (tertiary/aromatic N) is 1. The molecule has 3 rings (SSSR count). The van der Waals surface area contributed by atoms with E-state index in [1.54, 1.807) is 41.2 Å². The van der Waals surface area contributed by atoms with Crippen molar-refractivity contribution in [2.75, 3.05) is 5.32 Å². The average Bonchev–Trinajstić information content (AvgIpc) is 2.74. The van der Waals surface area contributed by atoms with E-state index in [0.29, 0.717) is 17.0 Å². The Morgan fingerprint density at radius 1 is 0.893 bits per heavy atom. The smallest absolute Gasteiger partial charge is 0.290 e. The molecule has 142 valence electrons. The lowest BCUT2D eigenvalue weighted by Crippen LogP contribution is -2.39. The number of hydrogen-bond donors (Lipinski definition) is 1. The molecular formula is C24H25N2O2+. The number of ketones is 1. The molecule has 0 spiro atoms. The number of nitrogens with one attached hydrogen (secondary N) is 1. The third-order valence-electron chi connectivity index (χ3n) is 4.89. The van der Waals surface area contributed by atoms with Gasteiger partial charge in [-0.3, -0.25) is 9.59 Å². The number of carbonyl (C=O) groups excluding carboxylic acids is 2. The highest BCUT2D eigenvalue weighted by molar-refractivity contribution is 6.08. The highest BCUT2D eigenvalue weighted by Gasteiger charge is 2.13. The van der Waals surface area contributed by atoms with Gasteiger partial charge in [0.15, 0.2) is 18.2 Å². The maximum atomic E-state index is 12.4. The van der Waals surface area contributed by atoms with Gasteiger partial charge in [0, 0.05) is 28.9 Å². The number of rotatable bonds is 7. The number of hydrogen-bond acceptors (Lipinski definition) is 2. The molecule has 0 aliphatic carbocycles. The van der Waals surface area contributed by atoms with Crippen LogP contribution in [0.2, 0.25) is 0 Å². The van der Waals surface area contributed by atoms with Gasteiger partial charge in [-0.05, 0) is 30.0 Å².